The third-order valence-corrected chi connectivity index (χ3v) is 4.22. The van der Waals surface area contributed by atoms with Crippen LogP contribution in [0.15, 0.2) is 30.3 Å². The minimum absolute atomic E-state index is 0.664. The lowest BCUT2D eigenvalue weighted by Crippen LogP contribution is -2.28. The zero-order valence-electron chi connectivity index (χ0n) is 12.9. The third-order valence-electron chi connectivity index (χ3n) is 4.22. The van der Waals surface area contributed by atoms with Crippen molar-refractivity contribution in [2.24, 2.45) is 0 Å². The van der Waals surface area contributed by atoms with Gasteiger partial charge < -0.3 is 5.32 Å². The van der Waals surface area contributed by atoms with Crippen LogP contribution in [0.25, 0.3) is 6.08 Å². The second-order valence-electron chi connectivity index (χ2n) is 5.78. The molecular weight excluding hydrogens is 244 g/mol. The van der Waals surface area contributed by atoms with Gasteiger partial charge in [0.25, 0.3) is 0 Å². The van der Waals surface area contributed by atoms with Crippen molar-refractivity contribution >= 4 is 6.08 Å². The quantitative estimate of drug-likeness (QED) is 0.882. The fourth-order valence-electron chi connectivity index (χ4n) is 2.59. The first-order chi connectivity index (χ1) is 9.79. The highest BCUT2D eigenvalue weighted by Gasteiger charge is 2.06. The van der Waals surface area contributed by atoms with E-state index < -0.39 is 0 Å². The summed E-state index contributed by atoms with van der Waals surface area (Å²) in [6.45, 7) is 10.3. The maximum Gasteiger partial charge on any atom is 0.0167 e. The molecule has 2 nitrogen and oxygen atoms in total. The summed E-state index contributed by atoms with van der Waals surface area (Å²) in [6, 6.07) is 9.01. The van der Waals surface area contributed by atoms with E-state index in [1.165, 1.54) is 30.5 Å². The molecule has 2 heteroatoms. The van der Waals surface area contributed by atoms with E-state index >= 15 is 0 Å². The number of nitrogens with one attached hydrogen (secondary N) is 1. The van der Waals surface area contributed by atoms with Crippen LogP contribution in [0.1, 0.15) is 43.7 Å². The highest BCUT2D eigenvalue weighted by atomic mass is 15.1. The molecule has 1 unspecified atom stereocenters. The van der Waals surface area contributed by atoms with Crippen molar-refractivity contribution in [1.29, 1.82) is 0 Å². The summed E-state index contributed by atoms with van der Waals surface area (Å²) in [5, 5.41) is 3.44. The van der Waals surface area contributed by atoms with Crippen molar-refractivity contribution in [3.05, 3.63) is 41.5 Å². The van der Waals surface area contributed by atoms with Crippen LogP contribution < -0.4 is 5.32 Å². The van der Waals surface area contributed by atoms with Gasteiger partial charge in [-0.05, 0) is 43.0 Å². The number of hydrogen-bond donors (Lipinski definition) is 1. The fourth-order valence-corrected chi connectivity index (χ4v) is 2.59. The van der Waals surface area contributed by atoms with Gasteiger partial charge >= 0.3 is 0 Å². The number of rotatable bonds is 5. The van der Waals surface area contributed by atoms with Crippen LogP contribution in [0.2, 0.25) is 0 Å². The molecule has 110 valence electrons. The predicted molar refractivity (Wildman–Crippen MR) is 88.1 cm³/mol. The van der Waals surface area contributed by atoms with E-state index in [-0.39, 0.29) is 0 Å². The van der Waals surface area contributed by atoms with E-state index in [9.17, 15) is 0 Å². The van der Waals surface area contributed by atoms with Gasteiger partial charge in [-0.15, -0.1) is 0 Å². The van der Waals surface area contributed by atoms with Gasteiger partial charge in [0.05, 0.1) is 0 Å². The molecule has 0 amide bonds. The Morgan fingerprint density at radius 1 is 1.20 bits per heavy atom. The monoisotopic (exact) mass is 272 g/mol. The van der Waals surface area contributed by atoms with Gasteiger partial charge in [-0.2, -0.15) is 0 Å². The molecule has 0 saturated carbocycles. The lowest BCUT2D eigenvalue weighted by molar-refractivity contribution is 0.324. The molecule has 1 aromatic rings. The normalized spacial score (nSPS) is 19.1. The summed E-state index contributed by atoms with van der Waals surface area (Å²) < 4.78 is 0. The average Bonchev–Trinajstić information content (AvgIpc) is 2.76. The lowest BCUT2D eigenvalue weighted by atomic mass is 9.97. The first-order valence-electron chi connectivity index (χ1n) is 7.99. The van der Waals surface area contributed by atoms with Crippen molar-refractivity contribution in [3.63, 3.8) is 0 Å². The molecule has 0 aliphatic carbocycles. The third kappa shape index (κ3) is 4.77. The van der Waals surface area contributed by atoms with Crippen LogP contribution in [0, 0.1) is 0 Å². The van der Waals surface area contributed by atoms with Gasteiger partial charge in [-0.25, -0.2) is 0 Å². The smallest absolute Gasteiger partial charge is 0.0167 e. The van der Waals surface area contributed by atoms with E-state index in [4.69, 9.17) is 0 Å². The van der Waals surface area contributed by atoms with Gasteiger partial charge in [0.1, 0.15) is 0 Å². The Labute approximate surface area is 123 Å². The standard InChI is InChI=1S/C18H28N2/c1-3-16(2)18-9-7-17(8-10-18)6-4-13-20-14-5-11-19-12-15-20/h4,6-10,16,19H,3,5,11-15H2,1-2H3/b6-4+. The highest BCUT2D eigenvalue weighted by Crippen LogP contribution is 2.19. The molecule has 1 N–H and O–H groups in total. The lowest BCUT2D eigenvalue weighted by Gasteiger charge is -2.16. The Kier molecular flexibility index (Phi) is 6.28. The molecule has 1 aromatic carbocycles. The van der Waals surface area contributed by atoms with Crippen molar-refractivity contribution < 1.29 is 0 Å². The first-order valence-corrected chi connectivity index (χ1v) is 7.99. The molecule has 1 fully saturated rings. The van der Waals surface area contributed by atoms with E-state index in [1.807, 2.05) is 0 Å². The molecular formula is C18H28N2. The van der Waals surface area contributed by atoms with Crippen molar-refractivity contribution in [2.45, 2.75) is 32.6 Å². The largest absolute Gasteiger partial charge is 0.315 e. The van der Waals surface area contributed by atoms with E-state index in [1.54, 1.807) is 0 Å². The Balaban J connectivity index is 1.84. The van der Waals surface area contributed by atoms with Crippen molar-refractivity contribution in [2.75, 3.05) is 32.7 Å². The zero-order valence-corrected chi connectivity index (χ0v) is 12.9. The average molecular weight is 272 g/mol. The van der Waals surface area contributed by atoms with Crippen LogP contribution in [-0.2, 0) is 0 Å². The van der Waals surface area contributed by atoms with Crippen LogP contribution in [0.5, 0.6) is 0 Å². The second kappa shape index (κ2) is 8.23. The Morgan fingerprint density at radius 3 is 2.75 bits per heavy atom. The Bertz CT molecular complexity index is 400. The molecule has 1 atom stereocenters. The molecule has 1 aliphatic heterocycles. The summed E-state index contributed by atoms with van der Waals surface area (Å²) in [7, 11) is 0. The molecule has 0 radical (unpaired) electrons. The van der Waals surface area contributed by atoms with Crippen molar-refractivity contribution in [1.82, 2.24) is 10.2 Å². The number of hydrogen-bond acceptors (Lipinski definition) is 2. The number of benzene rings is 1. The fraction of sp³-hybridized carbons (Fsp3) is 0.556. The molecule has 0 spiro atoms. The summed E-state index contributed by atoms with van der Waals surface area (Å²) >= 11 is 0. The van der Waals surface area contributed by atoms with Gasteiger partial charge in [-0.3, -0.25) is 4.90 Å². The summed E-state index contributed by atoms with van der Waals surface area (Å²) in [4.78, 5) is 2.52. The topological polar surface area (TPSA) is 15.3 Å². The van der Waals surface area contributed by atoms with Crippen LogP contribution >= 0.6 is 0 Å². The summed E-state index contributed by atoms with van der Waals surface area (Å²) in [6.07, 6.45) is 7.01. The molecule has 0 bridgehead atoms. The maximum absolute atomic E-state index is 3.44. The molecule has 20 heavy (non-hydrogen) atoms. The first kappa shape index (κ1) is 15.3. The van der Waals surface area contributed by atoms with E-state index in [0.29, 0.717) is 5.92 Å². The van der Waals surface area contributed by atoms with Gasteiger partial charge in [0.15, 0.2) is 0 Å². The molecule has 1 heterocycles. The van der Waals surface area contributed by atoms with Crippen LogP contribution in [-0.4, -0.2) is 37.6 Å². The molecule has 2 rings (SSSR count). The molecule has 1 saturated heterocycles. The summed E-state index contributed by atoms with van der Waals surface area (Å²) in [5.74, 6) is 0.664. The van der Waals surface area contributed by atoms with E-state index in [2.05, 4.69) is 60.5 Å². The Hall–Kier alpha value is -1.12. The predicted octanol–water partition coefficient (Wildman–Crippen LogP) is 3.51. The van der Waals surface area contributed by atoms with Crippen molar-refractivity contribution in [3.8, 4) is 0 Å². The summed E-state index contributed by atoms with van der Waals surface area (Å²) in [5.41, 5.74) is 2.76. The maximum atomic E-state index is 3.44. The second-order valence-corrected chi connectivity index (χ2v) is 5.78. The van der Waals surface area contributed by atoms with Crippen LogP contribution in [0.4, 0.5) is 0 Å². The SMILES string of the molecule is CCC(C)c1ccc(/C=C/CN2CCCNCC2)cc1. The van der Waals surface area contributed by atoms with E-state index in [0.717, 1.165) is 26.2 Å². The minimum Gasteiger partial charge on any atom is -0.315 e. The van der Waals surface area contributed by atoms with Crippen LogP contribution in [0.3, 0.4) is 0 Å². The van der Waals surface area contributed by atoms with Gasteiger partial charge in [-0.1, -0.05) is 50.3 Å². The Morgan fingerprint density at radius 2 is 2.00 bits per heavy atom. The van der Waals surface area contributed by atoms with Gasteiger partial charge in [0.2, 0.25) is 0 Å². The minimum atomic E-state index is 0.664. The van der Waals surface area contributed by atoms with Gasteiger partial charge in [0, 0.05) is 19.6 Å². The highest BCUT2D eigenvalue weighted by molar-refractivity contribution is 5.50. The molecule has 0 aromatic heterocycles. The number of nitrogens with zero attached hydrogens (tertiary/aromatic N) is 1. The molecule has 1 aliphatic rings. The zero-order chi connectivity index (χ0) is 14.2.